The van der Waals surface area contributed by atoms with Gasteiger partial charge in [0.1, 0.15) is 18.0 Å². The van der Waals surface area contributed by atoms with E-state index in [0.29, 0.717) is 43.5 Å². The fraction of sp³-hybridized carbons (Fsp3) is 0.500. The Labute approximate surface area is 196 Å². The summed E-state index contributed by atoms with van der Waals surface area (Å²) < 4.78 is 17.1. The van der Waals surface area contributed by atoms with Crippen LogP contribution >= 0.6 is 0 Å². The van der Waals surface area contributed by atoms with Crippen molar-refractivity contribution in [1.29, 1.82) is 0 Å². The Bertz CT molecular complexity index is 975. The van der Waals surface area contributed by atoms with Crippen molar-refractivity contribution in [2.75, 3.05) is 19.7 Å². The number of nitrogens with zero attached hydrogens (tertiary/aromatic N) is 2. The molecule has 3 rings (SSSR count). The maximum absolute atomic E-state index is 12.3. The molecule has 0 N–H and O–H groups in total. The van der Waals surface area contributed by atoms with Gasteiger partial charge in [-0.15, -0.1) is 0 Å². The number of likely N-dealkylation sites (tertiary alicyclic amines) is 1. The SMILES string of the molecule is CCOc1cc(C(C)=O)ccc1COc1cccc(C2CCN(C(=O)OC(C)(C)C)CC2)n1. The maximum atomic E-state index is 12.3. The number of piperidine rings is 1. The number of carbonyl (C=O) groups is 2. The van der Waals surface area contributed by atoms with Gasteiger partial charge < -0.3 is 19.1 Å². The molecule has 1 aromatic carbocycles. The van der Waals surface area contributed by atoms with Gasteiger partial charge in [-0.2, -0.15) is 0 Å². The summed E-state index contributed by atoms with van der Waals surface area (Å²) in [5.41, 5.74) is 1.95. The van der Waals surface area contributed by atoms with Crippen molar-refractivity contribution < 1.29 is 23.8 Å². The number of amides is 1. The number of hydrogen-bond acceptors (Lipinski definition) is 6. The van der Waals surface area contributed by atoms with Crippen LogP contribution in [0.25, 0.3) is 0 Å². The molecule has 1 saturated heterocycles. The minimum atomic E-state index is -0.490. The predicted molar refractivity (Wildman–Crippen MR) is 126 cm³/mol. The average molecular weight is 455 g/mol. The largest absolute Gasteiger partial charge is 0.493 e. The molecule has 7 nitrogen and oxygen atoms in total. The number of pyridine rings is 1. The first-order valence-corrected chi connectivity index (χ1v) is 11.5. The van der Waals surface area contributed by atoms with Crippen molar-refractivity contribution in [3.63, 3.8) is 0 Å². The van der Waals surface area contributed by atoms with Gasteiger partial charge in [0.15, 0.2) is 5.78 Å². The van der Waals surface area contributed by atoms with Gasteiger partial charge in [-0.05, 0) is 59.6 Å². The summed E-state index contributed by atoms with van der Waals surface area (Å²) in [6.45, 7) is 11.2. The third-order valence-electron chi connectivity index (χ3n) is 5.46. The first-order chi connectivity index (χ1) is 15.7. The first-order valence-electron chi connectivity index (χ1n) is 11.5. The molecular weight excluding hydrogens is 420 g/mol. The summed E-state index contributed by atoms with van der Waals surface area (Å²) in [7, 11) is 0. The van der Waals surface area contributed by atoms with E-state index in [1.807, 2.05) is 52.0 Å². The van der Waals surface area contributed by atoms with E-state index in [-0.39, 0.29) is 17.8 Å². The fourth-order valence-electron chi connectivity index (χ4n) is 3.76. The van der Waals surface area contributed by atoms with Crippen molar-refractivity contribution >= 4 is 11.9 Å². The maximum Gasteiger partial charge on any atom is 0.410 e. The van der Waals surface area contributed by atoms with Gasteiger partial charge in [-0.25, -0.2) is 9.78 Å². The molecule has 1 aliphatic heterocycles. The Balaban J connectivity index is 1.61. The van der Waals surface area contributed by atoms with Crippen molar-refractivity contribution in [3.8, 4) is 11.6 Å². The zero-order valence-corrected chi connectivity index (χ0v) is 20.2. The van der Waals surface area contributed by atoms with Crippen LogP contribution in [0.15, 0.2) is 36.4 Å². The number of rotatable bonds is 7. The summed E-state index contributed by atoms with van der Waals surface area (Å²) in [6, 6.07) is 11.2. The summed E-state index contributed by atoms with van der Waals surface area (Å²) >= 11 is 0. The van der Waals surface area contributed by atoms with E-state index < -0.39 is 5.60 Å². The van der Waals surface area contributed by atoms with Crippen molar-refractivity contribution in [2.45, 2.75) is 65.6 Å². The second kappa shape index (κ2) is 10.7. The number of Topliss-reactive ketones (excluding diaryl/α,β-unsaturated/α-hetero) is 1. The van der Waals surface area contributed by atoms with Gasteiger partial charge >= 0.3 is 6.09 Å². The van der Waals surface area contributed by atoms with Gasteiger partial charge in [0.05, 0.1) is 6.61 Å². The van der Waals surface area contributed by atoms with Crippen LogP contribution in [0.1, 0.15) is 75.0 Å². The molecule has 0 saturated carbocycles. The highest BCUT2D eigenvalue weighted by molar-refractivity contribution is 5.94. The van der Waals surface area contributed by atoms with Crippen LogP contribution in [0.4, 0.5) is 4.79 Å². The van der Waals surface area contributed by atoms with E-state index in [1.54, 1.807) is 17.0 Å². The monoisotopic (exact) mass is 454 g/mol. The van der Waals surface area contributed by atoms with Crippen molar-refractivity contribution in [3.05, 3.63) is 53.2 Å². The Morgan fingerprint density at radius 2 is 1.82 bits per heavy atom. The Morgan fingerprint density at radius 3 is 2.45 bits per heavy atom. The minimum absolute atomic E-state index is 0.00416. The standard InChI is InChI=1S/C26H34N2O5/c1-6-31-23-16-20(18(2)29)10-11-21(23)17-32-24-9-7-8-22(27-24)19-12-14-28(15-13-19)25(30)33-26(3,4)5/h7-11,16,19H,6,12-15,17H2,1-5H3. The molecule has 0 aliphatic carbocycles. The molecule has 178 valence electrons. The third-order valence-corrected chi connectivity index (χ3v) is 5.46. The summed E-state index contributed by atoms with van der Waals surface area (Å²) in [5, 5.41) is 0. The topological polar surface area (TPSA) is 78.0 Å². The van der Waals surface area contributed by atoms with E-state index in [9.17, 15) is 9.59 Å². The molecule has 1 aliphatic rings. The molecule has 2 aromatic rings. The van der Waals surface area contributed by atoms with Gasteiger partial charge in [-0.3, -0.25) is 4.79 Å². The van der Waals surface area contributed by atoms with Crippen LogP contribution in [-0.4, -0.2) is 47.1 Å². The van der Waals surface area contributed by atoms with E-state index >= 15 is 0 Å². The Kier molecular flexibility index (Phi) is 7.95. The zero-order chi connectivity index (χ0) is 24.0. The number of carbonyl (C=O) groups excluding carboxylic acids is 2. The summed E-state index contributed by atoms with van der Waals surface area (Å²) in [5.74, 6) is 1.45. The number of ketones is 1. The number of hydrogen-bond donors (Lipinski definition) is 0. The molecule has 1 fully saturated rings. The molecule has 0 atom stereocenters. The number of benzene rings is 1. The quantitative estimate of drug-likeness (QED) is 0.523. The average Bonchev–Trinajstić information content (AvgIpc) is 2.77. The van der Waals surface area contributed by atoms with Crippen LogP contribution in [0.5, 0.6) is 11.6 Å². The molecule has 0 unspecified atom stereocenters. The number of ether oxygens (including phenoxy) is 3. The number of aromatic nitrogens is 1. The van der Waals surface area contributed by atoms with Crippen LogP contribution in [-0.2, 0) is 11.3 Å². The molecule has 33 heavy (non-hydrogen) atoms. The highest BCUT2D eigenvalue weighted by Gasteiger charge is 2.28. The second-order valence-corrected chi connectivity index (χ2v) is 9.24. The fourth-order valence-corrected chi connectivity index (χ4v) is 3.76. The Morgan fingerprint density at radius 1 is 1.09 bits per heavy atom. The van der Waals surface area contributed by atoms with E-state index in [2.05, 4.69) is 0 Å². The van der Waals surface area contributed by atoms with Crippen LogP contribution < -0.4 is 9.47 Å². The van der Waals surface area contributed by atoms with Gasteiger partial charge in [0.2, 0.25) is 5.88 Å². The highest BCUT2D eigenvalue weighted by atomic mass is 16.6. The smallest absolute Gasteiger partial charge is 0.410 e. The van der Waals surface area contributed by atoms with Gasteiger partial charge in [0, 0.05) is 41.9 Å². The van der Waals surface area contributed by atoms with E-state index in [0.717, 1.165) is 24.1 Å². The van der Waals surface area contributed by atoms with Crippen LogP contribution in [0.3, 0.4) is 0 Å². The molecule has 0 bridgehead atoms. The zero-order valence-electron chi connectivity index (χ0n) is 20.2. The van der Waals surface area contributed by atoms with Crippen LogP contribution in [0, 0.1) is 0 Å². The van der Waals surface area contributed by atoms with Crippen LogP contribution in [0.2, 0.25) is 0 Å². The lowest BCUT2D eigenvalue weighted by atomic mass is 9.93. The molecule has 0 spiro atoms. The lowest BCUT2D eigenvalue weighted by Crippen LogP contribution is -2.41. The van der Waals surface area contributed by atoms with E-state index in [4.69, 9.17) is 19.2 Å². The highest BCUT2D eigenvalue weighted by Crippen LogP contribution is 2.29. The molecule has 2 heterocycles. The molecule has 0 radical (unpaired) electrons. The summed E-state index contributed by atoms with van der Waals surface area (Å²) in [4.78, 5) is 30.5. The normalized spacial score (nSPS) is 14.6. The molecule has 7 heteroatoms. The van der Waals surface area contributed by atoms with Gasteiger partial charge in [-0.1, -0.05) is 18.2 Å². The predicted octanol–water partition coefficient (Wildman–Crippen LogP) is 5.38. The Hall–Kier alpha value is -3.09. The molecular formula is C26H34N2O5. The molecule has 1 amide bonds. The molecule has 1 aromatic heterocycles. The van der Waals surface area contributed by atoms with Crippen molar-refractivity contribution in [1.82, 2.24) is 9.88 Å². The minimum Gasteiger partial charge on any atom is -0.493 e. The van der Waals surface area contributed by atoms with Crippen molar-refractivity contribution in [2.24, 2.45) is 0 Å². The van der Waals surface area contributed by atoms with Gasteiger partial charge in [0.25, 0.3) is 0 Å². The first kappa shape index (κ1) is 24.6. The lowest BCUT2D eigenvalue weighted by Gasteiger charge is -2.33. The third kappa shape index (κ3) is 6.94. The lowest BCUT2D eigenvalue weighted by molar-refractivity contribution is 0.0203. The second-order valence-electron chi connectivity index (χ2n) is 9.24. The summed E-state index contributed by atoms with van der Waals surface area (Å²) in [6.07, 6.45) is 1.40. The van der Waals surface area contributed by atoms with E-state index in [1.165, 1.54) is 6.92 Å².